The van der Waals surface area contributed by atoms with Crippen molar-refractivity contribution >= 4 is 34.1 Å². The molecule has 1 aromatic rings. The van der Waals surface area contributed by atoms with Crippen LogP contribution in [0.1, 0.15) is 11.1 Å². The van der Waals surface area contributed by atoms with E-state index in [1.165, 1.54) is 6.07 Å². The van der Waals surface area contributed by atoms with Gasteiger partial charge in [0.2, 0.25) is 5.91 Å². The summed E-state index contributed by atoms with van der Waals surface area (Å²) in [5.41, 5.74) is -0.544. The molecule has 1 N–H and O–H groups in total. The molecular weight excluding hydrogens is 299 g/mol. The van der Waals surface area contributed by atoms with Gasteiger partial charge in [-0.2, -0.15) is 13.2 Å². The summed E-state index contributed by atoms with van der Waals surface area (Å²) in [6.07, 6.45) is -0.661. The Balaban J connectivity index is 3.27. The van der Waals surface area contributed by atoms with Crippen molar-refractivity contribution in [1.29, 1.82) is 0 Å². The minimum absolute atomic E-state index is 0.0803. The van der Waals surface area contributed by atoms with E-state index in [4.69, 9.17) is 11.6 Å². The number of halogens is 4. The van der Waals surface area contributed by atoms with E-state index in [9.17, 15) is 18.0 Å². The summed E-state index contributed by atoms with van der Waals surface area (Å²) in [6.45, 7) is 0. The van der Waals surface area contributed by atoms with Crippen LogP contribution in [0.25, 0.3) is 0 Å². The second-order valence-electron chi connectivity index (χ2n) is 4.15. The van der Waals surface area contributed by atoms with Crippen LogP contribution in [0.15, 0.2) is 18.2 Å². The van der Waals surface area contributed by atoms with Crippen LogP contribution in [0.3, 0.4) is 0 Å². The van der Waals surface area contributed by atoms with Crippen molar-refractivity contribution < 1.29 is 18.0 Å². The van der Waals surface area contributed by atoms with E-state index in [2.05, 4.69) is 5.32 Å². The number of anilines is 1. The number of amides is 1. The van der Waals surface area contributed by atoms with E-state index >= 15 is 0 Å². The number of alkyl halides is 4. The third-order valence-electron chi connectivity index (χ3n) is 2.29. The molecule has 7 heteroatoms. The van der Waals surface area contributed by atoms with Crippen molar-refractivity contribution in [3.63, 3.8) is 0 Å². The number of hydrogen-bond acceptors (Lipinski definition) is 1. The SMILES string of the molecule is C[S+](C)Cc1cccc(C(F)(F)F)c1NC(=O)CCl. The van der Waals surface area contributed by atoms with E-state index in [-0.39, 0.29) is 22.5 Å². The van der Waals surface area contributed by atoms with Gasteiger partial charge in [-0.3, -0.25) is 4.79 Å². The molecule has 19 heavy (non-hydrogen) atoms. The molecule has 0 atom stereocenters. The van der Waals surface area contributed by atoms with Crippen LogP contribution in [0.5, 0.6) is 0 Å². The van der Waals surface area contributed by atoms with Crippen LogP contribution >= 0.6 is 11.6 Å². The zero-order chi connectivity index (χ0) is 14.6. The smallest absolute Gasteiger partial charge is 0.324 e. The van der Waals surface area contributed by atoms with E-state index in [0.717, 1.165) is 6.07 Å². The molecule has 0 radical (unpaired) electrons. The van der Waals surface area contributed by atoms with Crippen molar-refractivity contribution in [2.24, 2.45) is 0 Å². The van der Waals surface area contributed by atoms with Crippen molar-refractivity contribution in [3.05, 3.63) is 29.3 Å². The Kier molecular flexibility index (Phi) is 5.55. The van der Waals surface area contributed by atoms with Crippen LogP contribution in [-0.4, -0.2) is 24.3 Å². The van der Waals surface area contributed by atoms with E-state index in [1.807, 2.05) is 12.5 Å². The molecule has 0 fully saturated rings. The first kappa shape index (κ1) is 16.2. The fourth-order valence-electron chi connectivity index (χ4n) is 1.59. The first-order valence-corrected chi connectivity index (χ1v) is 8.09. The Morgan fingerprint density at radius 2 is 2.00 bits per heavy atom. The number of carbonyl (C=O) groups excluding carboxylic acids is 1. The molecule has 1 amide bonds. The molecular formula is C12H14ClF3NOS+. The molecule has 1 rings (SSSR count). The zero-order valence-electron chi connectivity index (χ0n) is 10.5. The fourth-order valence-corrected chi connectivity index (χ4v) is 2.52. The van der Waals surface area contributed by atoms with Gasteiger partial charge in [0, 0.05) is 5.56 Å². The van der Waals surface area contributed by atoms with Crippen molar-refractivity contribution in [3.8, 4) is 0 Å². The van der Waals surface area contributed by atoms with E-state index in [1.54, 1.807) is 6.07 Å². The van der Waals surface area contributed by atoms with Crippen molar-refractivity contribution in [2.45, 2.75) is 11.9 Å². The van der Waals surface area contributed by atoms with E-state index in [0.29, 0.717) is 11.3 Å². The lowest BCUT2D eigenvalue weighted by Crippen LogP contribution is -2.19. The summed E-state index contributed by atoms with van der Waals surface area (Å²) >= 11 is 5.34. The second-order valence-corrected chi connectivity index (χ2v) is 6.68. The average molecular weight is 313 g/mol. The van der Waals surface area contributed by atoms with Crippen LogP contribution in [0, 0.1) is 0 Å². The summed E-state index contributed by atoms with van der Waals surface area (Å²) in [7, 11) is -0.0803. The van der Waals surface area contributed by atoms with Gasteiger partial charge in [0.05, 0.1) is 23.8 Å². The molecule has 2 nitrogen and oxygen atoms in total. The number of nitrogens with one attached hydrogen (secondary N) is 1. The number of hydrogen-bond donors (Lipinski definition) is 1. The van der Waals surface area contributed by atoms with Gasteiger partial charge in [-0.05, 0) is 17.0 Å². The van der Waals surface area contributed by atoms with Gasteiger partial charge in [-0.1, -0.05) is 12.1 Å². The summed E-state index contributed by atoms with van der Waals surface area (Å²) in [5.74, 6) is -0.552. The highest BCUT2D eigenvalue weighted by Crippen LogP contribution is 2.37. The molecule has 106 valence electrons. The molecule has 0 aliphatic rings. The molecule has 0 saturated heterocycles. The summed E-state index contributed by atoms with van der Waals surface area (Å²) in [5, 5.41) is 2.25. The largest absolute Gasteiger partial charge is 0.418 e. The Bertz CT molecular complexity index is 463. The van der Waals surface area contributed by atoms with Crippen molar-refractivity contribution in [1.82, 2.24) is 0 Å². The molecule has 0 bridgehead atoms. The Labute approximate surface area is 117 Å². The Morgan fingerprint density at radius 3 is 2.47 bits per heavy atom. The monoisotopic (exact) mass is 312 g/mol. The average Bonchev–Trinajstić information content (AvgIpc) is 2.28. The van der Waals surface area contributed by atoms with Gasteiger partial charge in [0.25, 0.3) is 0 Å². The normalized spacial score (nSPS) is 11.7. The van der Waals surface area contributed by atoms with Crippen LogP contribution in [-0.2, 0) is 27.6 Å². The molecule has 0 saturated carbocycles. The van der Waals surface area contributed by atoms with Gasteiger partial charge >= 0.3 is 6.18 Å². The molecule has 1 aromatic carbocycles. The van der Waals surface area contributed by atoms with Gasteiger partial charge in [0.15, 0.2) is 0 Å². The maximum atomic E-state index is 12.9. The molecule has 0 aliphatic heterocycles. The minimum Gasteiger partial charge on any atom is -0.324 e. The predicted molar refractivity (Wildman–Crippen MR) is 73.7 cm³/mol. The molecule has 0 unspecified atom stereocenters. The number of rotatable bonds is 4. The topological polar surface area (TPSA) is 29.1 Å². The van der Waals surface area contributed by atoms with Gasteiger partial charge in [0.1, 0.15) is 11.6 Å². The predicted octanol–water partition coefficient (Wildman–Crippen LogP) is 3.26. The third kappa shape index (κ3) is 4.62. The molecule has 0 aliphatic carbocycles. The summed E-state index contributed by atoms with van der Waals surface area (Å²) in [4.78, 5) is 11.3. The lowest BCUT2D eigenvalue weighted by molar-refractivity contribution is -0.137. The summed E-state index contributed by atoms with van der Waals surface area (Å²) < 4.78 is 38.8. The molecule has 0 aromatic heterocycles. The highest BCUT2D eigenvalue weighted by atomic mass is 35.5. The highest BCUT2D eigenvalue weighted by molar-refractivity contribution is 7.94. The van der Waals surface area contributed by atoms with Crippen molar-refractivity contribution in [2.75, 3.05) is 23.7 Å². The first-order valence-electron chi connectivity index (χ1n) is 5.34. The lowest BCUT2D eigenvalue weighted by Gasteiger charge is -2.16. The minimum atomic E-state index is -4.51. The molecule has 0 heterocycles. The van der Waals surface area contributed by atoms with Gasteiger partial charge in [-0.25, -0.2) is 0 Å². The quantitative estimate of drug-likeness (QED) is 0.671. The second kappa shape index (κ2) is 6.52. The summed E-state index contributed by atoms with van der Waals surface area (Å²) in [6, 6.07) is 3.89. The number of para-hydroxylation sites is 1. The molecule has 0 spiro atoms. The Hall–Kier alpha value is -0.880. The van der Waals surface area contributed by atoms with Crippen LogP contribution < -0.4 is 5.32 Å². The van der Waals surface area contributed by atoms with Crippen LogP contribution in [0.4, 0.5) is 18.9 Å². The van der Waals surface area contributed by atoms with Gasteiger partial charge < -0.3 is 5.32 Å². The first-order chi connectivity index (χ1) is 8.75. The highest BCUT2D eigenvalue weighted by Gasteiger charge is 2.35. The Morgan fingerprint density at radius 1 is 1.37 bits per heavy atom. The van der Waals surface area contributed by atoms with Crippen LogP contribution in [0.2, 0.25) is 0 Å². The maximum Gasteiger partial charge on any atom is 0.418 e. The fraction of sp³-hybridized carbons (Fsp3) is 0.417. The standard InChI is InChI=1S/C12H13ClF3NOS/c1-19(2)7-8-4-3-5-9(12(14,15)16)11(8)17-10(18)6-13/h3-5H,6-7H2,1-2H3/p+1. The maximum absolute atomic E-state index is 12.9. The number of benzene rings is 1. The zero-order valence-corrected chi connectivity index (χ0v) is 12.0. The lowest BCUT2D eigenvalue weighted by atomic mass is 10.1. The van der Waals surface area contributed by atoms with Gasteiger partial charge in [-0.15, -0.1) is 11.6 Å². The van der Waals surface area contributed by atoms with E-state index < -0.39 is 17.6 Å². The number of carbonyl (C=O) groups is 1. The third-order valence-corrected chi connectivity index (χ3v) is 3.42.